The molecule has 0 aliphatic carbocycles. The van der Waals surface area contributed by atoms with E-state index >= 15 is 0 Å². The number of amides is 2. The highest BCUT2D eigenvalue weighted by Crippen LogP contribution is 2.12. The second-order valence-corrected chi connectivity index (χ2v) is 6.94. The summed E-state index contributed by atoms with van der Waals surface area (Å²) in [5, 5.41) is 0. The molecule has 1 aliphatic heterocycles. The number of carbonyl (C=O) groups is 3. The van der Waals surface area contributed by atoms with Crippen molar-refractivity contribution >= 4 is 17.6 Å². The first-order valence-corrected chi connectivity index (χ1v) is 10.0. The van der Waals surface area contributed by atoms with Crippen molar-refractivity contribution in [1.82, 2.24) is 14.7 Å². The summed E-state index contributed by atoms with van der Waals surface area (Å²) in [5.74, 6) is -0.929. The number of benzene rings is 1. The first-order valence-electron chi connectivity index (χ1n) is 10.0. The Bertz CT molecular complexity index is 683. The minimum Gasteiger partial charge on any atom is -0.339 e. The Morgan fingerprint density at radius 3 is 1.96 bits per heavy atom. The minimum atomic E-state index is -0.559. The molecular weight excluding hydrogens is 361 g/mol. The van der Waals surface area contributed by atoms with E-state index in [4.69, 9.17) is 0 Å². The van der Waals surface area contributed by atoms with Gasteiger partial charge in [-0.05, 0) is 25.2 Å². The van der Waals surface area contributed by atoms with Crippen LogP contribution in [0.25, 0.3) is 0 Å². The molecule has 2 rings (SSSR count). The number of Topliss-reactive ketones (excluding diaryl/α,β-unsaturated/α-hetero) is 1. The molecule has 2 amide bonds. The first kappa shape index (κ1) is 22.0. The van der Waals surface area contributed by atoms with E-state index in [2.05, 4.69) is 18.7 Å². The summed E-state index contributed by atoms with van der Waals surface area (Å²) in [6.07, 6.45) is 0.540. The van der Waals surface area contributed by atoms with Crippen LogP contribution in [0.4, 0.5) is 4.39 Å². The van der Waals surface area contributed by atoms with Gasteiger partial charge in [0.15, 0.2) is 5.78 Å². The van der Waals surface area contributed by atoms with Crippen LogP contribution in [0, 0.1) is 5.82 Å². The Kier molecular flexibility index (Phi) is 8.57. The van der Waals surface area contributed by atoms with E-state index in [0.717, 1.165) is 19.6 Å². The standard InChI is InChI=1S/C21H30FN3O3/c1-3-23(4-2)12-11-21(28)25-15-13-24(14-16-25)20(27)10-9-19(26)17-7-5-6-8-18(17)22/h5-8H,3-4,9-16H2,1-2H3. The minimum absolute atomic E-state index is 0.0111. The third kappa shape index (κ3) is 6.12. The molecule has 0 saturated carbocycles. The van der Waals surface area contributed by atoms with Crippen molar-refractivity contribution in [2.75, 3.05) is 45.8 Å². The average molecular weight is 391 g/mol. The summed E-state index contributed by atoms with van der Waals surface area (Å²) < 4.78 is 13.6. The van der Waals surface area contributed by atoms with Crippen molar-refractivity contribution in [2.24, 2.45) is 0 Å². The monoisotopic (exact) mass is 391 g/mol. The molecule has 1 heterocycles. The molecule has 0 radical (unpaired) electrons. The van der Waals surface area contributed by atoms with Gasteiger partial charge in [-0.3, -0.25) is 14.4 Å². The van der Waals surface area contributed by atoms with Crippen LogP contribution in [-0.4, -0.2) is 78.1 Å². The maximum Gasteiger partial charge on any atom is 0.223 e. The second-order valence-electron chi connectivity index (χ2n) is 6.94. The van der Waals surface area contributed by atoms with Gasteiger partial charge < -0.3 is 14.7 Å². The van der Waals surface area contributed by atoms with Gasteiger partial charge in [0.1, 0.15) is 5.82 Å². The van der Waals surface area contributed by atoms with Gasteiger partial charge in [0.05, 0.1) is 5.56 Å². The number of piperazine rings is 1. The van der Waals surface area contributed by atoms with Gasteiger partial charge in [-0.2, -0.15) is 0 Å². The highest BCUT2D eigenvalue weighted by atomic mass is 19.1. The third-order valence-corrected chi connectivity index (χ3v) is 5.26. The molecule has 1 fully saturated rings. The SMILES string of the molecule is CCN(CC)CCC(=O)N1CCN(C(=O)CCC(=O)c2ccccc2F)CC1. The maximum absolute atomic E-state index is 13.6. The molecule has 1 aromatic rings. The first-order chi connectivity index (χ1) is 13.5. The molecule has 0 N–H and O–H groups in total. The number of nitrogens with zero attached hydrogens (tertiary/aromatic N) is 3. The van der Waals surface area contributed by atoms with Crippen molar-refractivity contribution in [3.8, 4) is 0 Å². The van der Waals surface area contributed by atoms with Crippen molar-refractivity contribution in [1.29, 1.82) is 0 Å². The molecule has 1 aromatic carbocycles. The number of carbonyl (C=O) groups excluding carboxylic acids is 3. The van der Waals surface area contributed by atoms with Gasteiger partial charge >= 0.3 is 0 Å². The highest BCUT2D eigenvalue weighted by Gasteiger charge is 2.24. The fraction of sp³-hybridized carbons (Fsp3) is 0.571. The van der Waals surface area contributed by atoms with Gasteiger partial charge in [0, 0.05) is 52.0 Å². The zero-order valence-corrected chi connectivity index (χ0v) is 16.8. The molecule has 0 spiro atoms. The van der Waals surface area contributed by atoms with Crippen LogP contribution in [0.1, 0.15) is 43.5 Å². The normalized spacial score (nSPS) is 14.4. The van der Waals surface area contributed by atoms with E-state index in [1.807, 2.05) is 0 Å². The summed E-state index contributed by atoms with van der Waals surface area (Å²) in [6, 6.07) is 5.81. The molecule has 1 saturated heterocycles. The number of hydrogen-bond donors (Lipinski definition) is 0. The average Bonchev–Trinajstić information content (AvgIpc) is 2.72. The third-order valence-electron chi connectivity index (χ3n) is 5.26. The van der Waals surface area contributed by atoms with E-state index < -0.39 is 5.82 Å². The van der Waals surface area contributed by atoms with Gasteiger partial charge in [0.25, 0.3) is 0 Å². The van der Waals surface area contributed by atoms with Crippen molar-refractivity contribution < 1.29 is 18.8 Å². The van der Waals surface area contributed by atoms with E-state index in [1.165, 1.54) is 18.2 Å². The molecule has 1 aliphatic rings. The van der Waals surface area contributed by atoms with E-state index in [1.54, 1.807) is 15.9 Å². The zero-order chi connectivity index (χ0) is 20.5. The van der Waals surface area contributed by atoms with E-state index in [9.17, 15) is 18.8 Å². The fourth-order valence-corrected chi connectivity index (χ4v) is 3.36. The van der Waals surface area contributed by atoms with Crippen LogP contribution in [0.2, 0.25) is 0 Å². The van der Waals surface area contributed by atoms with Gasteiger partial charge in [-0.1, -0.05) is 26.0 Å². The van der Waals surface area contributed by atoms with Crippen LogP contribution in [0.3, 0.4) is 0 Å². The number of halogens is 1. The lowest BCUT2D eigenvalue weighted by atomic mass is 10.1. The van der Waals surface area contributed by atoms with Gasteiger partial charge in [-0.15, -0.1) is 0 Å². The second kappa shape index (κ2) is 10.9. The Morgan fingerprint density at radius 2 is 1.43 bits per heavy atom. The summed E-state index contributed by atoms with van der Waals surface area (Å²) in [7, 11) is 0. The lowest BCUT2D eigenvalue weighted by Gasteiger charge is -2.35. The Morgan fingerprint density at radius 1 is 0.893 bits per heavy atom. The molecule has 28 heavy (non-hydrogen) atoms. The van der Waals surface area contributed by atoms with Crippen LogP contribution in [0.5, 0.6) is 0 Å². The van der Waals surface area contributed by atoms with Crippen LogP contribution >= 0.6 is 0 Å². The van der Waals surface area contributed by atoms with Crippen LogP contribution in [-0.2, 0) is 9.59 Å². The quantitative estimate of drug-likeness (QED) is 0.606. The van der Waals surface area contributed by atoms with Crippen LogP contribution < -0.4 is 0 Å². The van der Waals surface area contributed by atoms with Crippen molar-refractivity contribution in [3.05, 3.63) is 35.6 Å². The zero-order valence-electron chi connectivity index (χ0n) is 16.8. The molecule has 0 unspecified atom stereocenters. The van der Waals surface area contributed by atoms with Gasteiger partial charge in [-0.25, -0.2) is 4.39 Å². The summed E-state index contributed by atoms with van der Waals surface area (Å²) in [5.41, 5.74) is 0.0268. The number of hydrogen-bond acceptors (Lipinski definition) is 4. The topological polar surface area (TPSA) is 60.9 Å². The van der Waals surface area contributed by atoms with E-state index in [0.29, 0.717) is 32.6 Å². The summed E-state index contributed by atoms with van der Waals surface area (Å²) in [4.78, 5) is 42.5. The van der Waals surface area contributed by atoms with Gasteiger partial charge in [0.2, 0.25) is 11.8 Å². The predicted molar refractivity (Wildman–Crippen MR) is 106 cm³/mol. The molecule has 0 aromatic heterocycles. The molecule has 0 atom stereocenters. The Balaban J connectivity index is 1.73. The predicted octanol–water partition coefficient (Wildman–Crippen LogP) is 2.19. The highest BCUT2D eigenvalue weighted by molar-refractivity contribution is 5.98. The van der Waals surface area contributed by atoms with Crippen molar-refractivity contribution in [2.45, 2.75) is 33.1 Å². The van der Waals surface area contributed by atoms with Crippen molar-refractivity contribution in [3.63, 3.8) is 0 Å². The number of ketones is 1. The largest absolute Gasteiger partial charge is 0.339 e. The van der Waals surface area contributed by atoms with Crippen LogP contribution in [0.15, 0.2) is 24.3 Å². The molecule has 154 valence electrons. The summed E-state index contributed by atoms with van der Waals surface area (Å²) in [6.45, 7) is 8.75. The lowest BCUT2D eigenvalue weighted by Crippen LogP contribution is -2.51. The van der Waals surface area contributed by atoms with E-state index in [-0.39, 0.29) is 36.0 Å². The lowest BCUT2D eigenvalue weighted by molar-refractivity contribution is -0.139. The Labute approximate surface area is 166 Å². The summed E-state index contributed by atoms with van der Waals surface area (Å²) >= 11 is 0. The number of rotatable bonds is 9. The molecule has 0 bridgehead atoms. The smallest absolute Gasteiger partial charge is 0.223 e. The molecule has 7 heteroatoms. The fourth-order valence-electron chi connectivity index (χ4n) is 3.36. The molecule has 6 nitrogen and oxygen atoms in total. The Hall–Kier alpha value is -2.28. The molecular formula is C21H30FN3O3. The maximum atomic E-state index is 13.6.